The number of hydrazine groups is 1. The first kappa shape index (κ1) is 13.5. The summed E-state index contributed by atoms with van der Waals surface area (Å²) in [6.45, 7) is 2.76. The maximum Gasteiger partial charge on any atom is 0.0893 e. The molecule has 0 bridgehead atoms. The third-order valence-corrected chi connectivity index (χ3v) is 3.54. The van der Waals surface area contributed by atoms with Crippen LogP contribution in [0.4, 0.5) is 0 Å². The number of nitrogens with one attached hydrogen (secondary N) is 1. The average Bonchev–Trinajstić information content (AvgIpc) is 2.72. The van der Waals surface area contributed by atoms with Crippen molar-refractivity contribution in [3.05, 3.63) is 51.2 Å². The monoisotopic (exact) mass is 328 g/mol. The Kier molecular flexibility index (Phi) is 4.40. The van der Waals surface area contributed by atoms with E-state index in [1.54, 1.807) is 6.20 Å². The van der Waals surface area contributed by atoms with Gasteiger partial charge in [0, 0.05) is 11.0 Å². The van der Waals surface area contributed by atoms with Gasteiger partial charge in [-0.2, -0.15) is 5.10 Å². The number of hydrogen-bond acceptors (Lipinski definition) is 3. The molecular formula is C12H14BrClN4. The van der Waals surface area contributed by atoms with Gasteiger partial charge < -0.3 is 0 Å². The van der Waals surface area contributed by atoms with Crippen LogP contribution in [0.25, 0.3) is 0 Å². The lowest BCUT2D eigenvalue weighted by Crippen LogP contribution is -2.31. The highest BCUT2D eigenvalue weighted by Gasteiger charge is 2.20. The number of halogens is 2. The second kappa shape index (κ2) is 5.84. The molecule has 1 aromatic heterocycles. The van der Waals surface area contributed by atoms with E-state index in [4.69, 9.17) is 17.4 Å². The quantitative estimate of drug-likeness (QED) is 0.670. The van der Waals surface area contributed by atoms with Gasteiger partial charge in [-0.25, -0.2) is 5.43 Å². The van der Waals surface area contributed by atoms with Crippen LogP contribution in [0.1, 0.15) is 24.2 Å². The van der Waals surface area contributed by atoms with E-state index in [0.29, 0.717) is 5.02 Å². The molecule has 6 heteroatoms. The van der Waals surface area contributed by atoms with E-state index >= 15 is 0 Å². The molecule has 2 aromatic rings. The van der Waals surface area contributed by atoms with E-state index in [0.717, 1.165) is 22.3 Å². The minimum Gasteiger partial charge on any atom is -0.271 e. The standard InChI is InChI=1S/C12H14BrClN4/c1-2-18-12(10(14)7-16-18)11(17-15)8-4-3-5-9(13)6-8/h3-7,11,17H,2,15H2,1H3. The summed E-state index contributed by atoms with van der Waals surface area (Å²) in [6, 6.07) is 7.75. The van der Waals surface area contributed by atoms with Gasteiger partial charge in [-0.15, -0.1) is 0 Å². The molecule has 0 aliphatic heterocycles. The Labute approximate surface area is 119 Å². The molecule has 0 fully saturated rings. The van der Waals surface area contributed by atoms with Crippen molar-refractivity contribution in [1.29, 1.82) is 0 Å². The highest BCUT2D eigenvalue weighted by molar-refractivity contribution is 9.10. The molecule has 0 saturated heterocycles. The van der Waals surface area contributed by atoms with Crippen LogP contribution in [0.5, 0.6) is 0 Å². The van der Waals surface area contributed by atoms with Gasteiger partial charge in [0.1, 0.15) is 0 Å². The summed E-state index contributed by atoms with van der Waals surface area (Å²) in [5, 5.41) is 4.84. The summed E-state index contributed by atoms with van der Waals surface area (Å²) >= 11 is 9.65. The van der Waals surface area contributed by atoms with Crippen molar-refractivity contribution in [2.45, 2.75) is 19.5 Å². The lowest BCUT2D eigenvalue weighted by molar-refractivity contribution is 0.543. The summed E-state index contributed by atoms with van der Waals surface area (Å²) in [4.78, 5) is 0. The Morgan fingerprint density at radius 3 is 2.94 bits per heavy atom. The van der Waals surface area contributed by atoms with Crippen molar-refractivity contribution < 1.29 is 0 Å². The Bertz CT molecular complexity index is 541. The van der Waals surface area contributed by atoms with Crippen LogP contribution in [-0.4, -0.2) is 9.78 Å². The summed E-state index contributed by atoms with van der Waals surface area (Å²) in [7, 11) is 0. The second-order valence-electron chi connectivity index (χ2n) is 3.85. The number of nitrogens with two attached hydrogens (primary N) is 1. The van der Waals surface area contributed by atoms with Gasteiger partial charge in [0.15, 0.2) is 0 Å². The Hall–Kier alpha value is -0.880. The predicted octanol–water partition coefficient (Wildman–Crippen LogP) is 2.87. The molecule has 0 amide bonds. The van der Waals surface area contributed by atoms with Crippen molar-refractivity contribution in [1.82, 2.24) is 15.2 Å². The van der Waals surface area contributed by atoms with Gasteiger partial charge >= 0.3 is 0 Å². The van der Waals surface area contributed by atoms with Crippen LogP contribution in [0.3, 0.4) is 0 Å². The maximum absolute atomic E-state index is 6.20. The maximum atomic E-state index is 6.20. The number of hydrogen-bond donors (Lipinski definition) is 2. The van der Waals surface area contributed by atoms with E-state index in [9.17, 15) is 0 Å². The second-order valence-corrected chi connectivity index (χ2v) is 5.17. The lowest BCUT2D eigenvalue weighted by atomic mass is 10.0. The van der Waals surface area contributed by atoms with Crippen LogP contribution in [0.2, 0.25) is 5.02 Å². The molecule has 1 unspecified atom stereocenters. The normalized spacial score (nSPS) is 12.7. The Balaban J connectivity index is 2.48. The van der Waals surface area contributed by atoms with Crippen molar-refractivity contribution in [2.24, 2.45) is 5.84 Å². The molecule has 0 radical (unpaired) electrons. The van der Waals surface area contributed by atoms with E-state index in [-0.39, 0.29) is 6.04 Å². The van der Waals surface area contributed by atoms with E-state index in [1.807, 2.05) is 35.9 Å². The molecule has 1 atom stereocenters. The summed E-state index contributed by atoms with van der Waals surface area (Å²) in [5.41, 5.74) is 4.70. The van der Waals surface area contributed by atoms with E-state index < -0.39 is 0 Å². The fraction of sp³-hybridized carbons (Fsp3) is 0.250. The first-order chi connectivity index (χ1) is 8.67. The minimum absolute atomic E-state index is 0.183. The molecule has 0 aliphatic carbocycles. The largest absolute Gasteiger partial charge is 0.271 e. The summed E-state index contributed by atoms with van der Waals surface area (Å²) < 4.78 is 2.84. The molecular weight excluding hydrogens is 316 g/mol. The first-order valence-corrected chi connectivity index (χ1v) is 6.77. The summed E-state index contributed by atoms with van der Waals surface area (Å²) in [6.07, 6.45) is 1.64. The molecule has 0 saturated carbocycles. The third-order valence-electron chi connectivity index (χ3n) is 2.75. The number of rotatable bonds is 4. The van der Waals surface area contributed by atoms with Crippen LogP contribution < -0.4 is 11.3 Å². The van der Waals surface area contributed by atoms with Crippen LogP contribution in [-0.2, 0) is 6.54 Å². The fourth-order valence-electron chi connectivity index (χ4n) is 1.93. The van der Waals surface area contributed by atoms with E-state index in [1.165, 1.54) is 0 Å². The molecule has 96 valence electrons. The lowest BCUT2D eigenvalue weighted by Gasteiger charge is -2.18. The predicted molar refractivity (Wildman–Crippen MR) is 76.2 cm³/mol. The highest BCUT2D eigenvalue weighted by Crippen LogP contribution is 2.29. The molecule has 18 heavy (non-hydrogen) atoms. The minimum atomic E-state index is -0.183. The zero-order chi connectivity index (χ0) is 13.1. The van der Waals surface area contributed by atoms with E-state index in [2.05, 4.69) is 26.5 Å². The van der Waals surface area contributed by atoms with Crippen molar-refractivity contribution in [3.8, 4) is 0 Å². The number of nitrogens with zero attached hydrogens (tertiary/aromatic N) is 2. The van der Waals surface area contributed by atoms with Crippen molar-refractivity contribution >= 4 is 27.5 Å². The SMILES string of the molecule is CCn1ncc(Cl)c1C(NN)c1cccc(Br)c1. The molecule has 1 aromatic carbocycles. The highest BCUT2D eigenvalue weighted by atomic mass is 79.9. The number of aromatic nitrogens is 2. The van der Waals surface area contributed by atoms with Gasteiger partial charge in [-0.1, -0.05) is 39.7 Å². The molecule has 0 aliphatic rings. The molecule has 0 spiro atoms. The fourth-order valence-corrected chi connectivity index (χ4v) is 2.60. The molecule has 3 N–H and O–H groups in total. The van der Waals surface area contributed by atoms with Crippen molar-refractivity contribution in [3.63, 3.8) is 0 Å². The Morgan fingerprint density at radius 1 is 1.56 bits per heavy atom. The molecule has 2 rings (SSSR count). The van der Waals surface area contributed by atoms with Gasteiger partial charge in [-0.05, 0) is 24.6 Å². The Morgan fingerprint density at radius 2 is 2.33 bits per heavy atom. The van der Waals surface area contributed by atoms with Gasteiger partial charge in [0.25, 0.3) is 0 Å². The van der Waals surface area contributed by atoms with Gasteiger partial charge in [0.05, 0.1) is 23.0 Å². The molecule has 1 heterocycles. The topological polar surface area (TPSA) is 55.9 Å². The molecule has 4 nitrogen and oxygen atoms in total. The summed E-state index contributed by atoms with van der Waals surface area (Å²) in [5.74, 6) is 5.67. The van der Waals surface area contributed by atoms with Crippen molar-refractivity contribution in [2.75, 3.05) is 0 Å². The number of benzene rings is 1. The van der Waals surface area contributed by atoms with Crippen LogP contribution in [0.15, 0.2) is 34.9 Å². The van der Waals surface area contributed by atoms with Crippen LogP contribution in [0, 0.1) is 0 Å². The van der Waals surface area contributed by atoms with Gasteiger partial charge in [-0.3, -0.25) is 10.5 Å². The zero-order valence-corrected chi connectivity index (χ0v) is 12.2. The zero-order valence-electron chi connectivity index (χ0n) is 9.90. The van der Waals surface area contributed by atoms with Gasteiger partial charge in [0.2, 0.25) is 0 Å². The third kappa shape index (κ3) is 2.59. The smallest absolute Gasteiger partial charge is 0.0893 e. The first-order valence-electron chi connectivity index (χ1n) is 5.60. The number of aryl methyl sites for hydroxylation is 1. The van der Waals surface area contributed by atoms with Crippen LogP contribution >= 0.6 is 27.5 Å². The average molecular weight is 330 g/mol.